The highest BCUT2D eigenvalue weighted by atomic mass is 35.5. The standard InChI is InChI=1S/C11H9ClN2OS.2C2H6/c12-8-3-1-7(2-4-8)11-14-9(6-16-11)5-10(13)15;2*1-2/h1-4,6H,5H2,(H2,13,15);2*1-2H3. The van der Waals surface area contributed by atoms with Crippen molar-refractivity contribution in [3.8, 4) is 10.6 Å². The van der Waals surface area contributed by atoms with E-state index in [1.165, 1.54) is 11.3 Å². The third kappa shape index (κ3) is 6.17. The highest BCUT2D eigenvalue weighted by Crippen LogP contribution is 2.25. The van der Waals surface area contributed by atoms with E-state index in [-0.39, 0.29) is 12.3 Å². The Morgan fingerprint density at radius 3 is 2.25 bits per heavy atom. The smallest absolute Gasteiger partial charge is 0.223 e. The molecule has 0 aliphatic heterocycles. The predicted octanol–water partition coefficient (Wildman–Crippen LogP) is 4.54. The Kier molecular flexibility index (Phi) is 9.68. The first kappa shape index (κ1) is 18.6. The van der Waals surface area contributed by atoms with Crippen LogP contribution in [0.3, 0.4) is 0 Å². The number of thiazole rings is 1. The number of nitrogens with zero attached hydrogens (tertiary/aromatic N) is 1. The van der Waals surface area contributed by atoms with Gasteiger partial charge in [0.05, 0.1) is 12.1 Å². The Morgan fingerprint density at radius 1 is 1.20 bits per heavy atom. The minimum absolute atomic E-state index is 0.185. The van der Waals surface area contributed by atoms with Crippen molar-refractivity contribution in [1.29, 1.82) is 0 Å². The zero-order valence-corrected chi connectivity index (χ0v) is 13.9. The number of carbonyl (C=O) groups is 1. The van der Waals surface area contributed by atoms with Crippen LogP contribution in [0.1, 0.15) is 33.4 Å². The van der Waals surface area contributed by atoms with E-state index in [0.717, 1.165) is 10.6 Å². The summed E-state index contributed by atoms with van der Waals surface area (Å²) in [4.78, 5) is 15.1. The van der Waals surface area contributed by atoms with Gasteiger partial charge in [0.2, 0.25) is 5.91 Å². The molecular formula is C15H21ClN2OS. The summed E-state index contributed by atoms with van der Waals surface area (Å²) in [6, 6.07) is 7.42. The van der Waals surface area contributed by atoms with Crippen LogP contribution in [0, 0.1) is 0 Å². The Labute approximate surface area is 129 Å². The topological polar surface area (TPSA) is 56.0 Å². The number of aromatic nitrogens is 1. The maximum Gasteiger partial charge on any atom is 0.223 e. The summed E-state index contributed by atoms with van der Waals surface area (Å²) in [5, 5.41) is 3.40. The van der Waals surface area contributed by atoms with E-state index < -0.39 is 0 Å². The van der Waals surface area contributed by atoms with Crippen LogP contribution in [-0.4, -0.2) is 10.9 Å². The van der Waals surface area contributed by atoms with Crippen molar-refractivity contribution in [2.24, 2.45) is 5.73 Å². The molecule has 0 spiro atoms. The summed E-state index contributed by atoms with van der Waals surface area (Å²) in [6.45, 7) is 8.00. The van der Waals surface area contributed by atoms with Crippen molar-refractivity contribution in [3.05, 3.63) is 40.4 Å². The predicted molar refractivity (Wildman–Crippen MR) is 88.2 cm³/mol. The van der Waals surface area contributed by atoms with Crippen LogP contribution in [-0.2, 0) is 11.2 Å². The Balaban J connectivity index is 0.000000829. The summed E-state index contributed by atoms with van der Waals surface area (Å²) in [5.74, 6) is -0.368. The van der Waals surface area contributed by atoms with Crippen molar-refractivity contribution in [1.82, 2.24) is 4.98 Å². The molecule has 0 aliphatic carbocycles. The molecule has 1 aromatic heterocycles. The molecule has 0 fully saturated rings. The monoisotopic (exact) mass is 312 g/mol. The molecule has 2 N–H and O–H groups in total. The fraction of sp³-hybridized carbons (Fsp3) is 0.333. The van der Waals surface area contributed by atoms with Gasteiger partial charge >= 0.3 is 0 Å². The van der Waals surface area contributed by atoms with Crippen molar-refractivity contribution in [2.45, 2.75) is 34.1 Å². The number of benzene rings is 1. The molecule has 0 saturated carbocycles. The Morgan fingerprint density at radius 2 is 1.75 bits per heavy atom. The SMILES string of the molecule is CC.CC.NC(=O)Cc1csc(-c2ccc(Cl)cc2)n1. The van der Waals surface area contributed by atoms with Crippen molar-refractivity contribution in [3.63, 3.8) is 0 Å². The maximum atomic E-state index is 10.7. The minimum atomic E-state index is -0.368. The summed E-state index contributed by atoms with van der Waals surface area (Å²) in [7, 11) is 0. The fourth-order valence-corrected chi connectivity index (χ4v) is 2.24. The van der Waals surface area contributed by atoms with Crippen LogP contribution in [0.25, 0.3) is 10.6 Å². The fourth-order valence-electron chi connectivity index (χ4n) is 1.29. The van der Waals surface area contributed by atoms with Crippen LogP contribution in [0.4, 0.5) is 0 Å². The second kappa shape index (κ2) is 10.4. The average molecular weight is 313 g/mol. The molecule has 2 aromatic rings. The third-order valence-corrected chi connectivity index (χ3v) is 3.19. The lowest BCUT2D eigenvalue weighted by atomic mass is 10.2. The van der Waals surface area contributed by atoms with E-state index in [1.807, 2.05) is 57.3 Å². The highest BCUT2D eigenvalue weighted by Gasteiger charge is 2.06. The first-order valence-corrected chi connectivity index (χ1v) is 7.89. The molecule has 1 amide bonds. The largest absolute Gasteiger partial charge is 0.369 e. The van der Waals surface area contributed by atoms with Gasteiger partial charge in [-0.3, -0.25) is 4.79 Å². The quantitative estimate of drug-likeness (QED) is 0.904. The molecule has 0 bridgehead atoms. The van der Waals surface area contributed by atoms with Gasteiger partial charge in [-0.1, -0.05) is 51.4 Å². The number of amides is 1. The molecule has 5 heteroatoms. The van der Waals surface area contributed by atoms with Gasteiger partial charge in [-0.15, -0.1) is 11.3 Å². The number of rotatable bonds is 3. The Hall–Kier alpha value is -1.39. The van der Waals surface area contributed by atoms with E-state index in [0.29, 0.717) is 10.7 Å². The number of hydrogen-bond donors (Lipinski definition) is 1. The van der Waals surface area contributed by atoms with Crippen LogP contribution < -0.4 is 5.73 Å². The summed E-state index contributed by atoms with van der Waals surface area (Å²) in [6.07, 6.45) is 0.185. The molecule has 0 unspecified atom stereocenters. The Bertz CT molecular complexity index is 509. The van der Waals surface area contributed by atoms with Crippen molar-refractivity contribution in [2.75, 3.05) is 0 Å². The number of nitrogens with two attached hydrogens (primary N) is 1. The zero-order chi connectivity index (χ0) is 15.5. The van der Waals surface area contributed by atoms with Gasteiger partial charge in [-0.25, -0.2) is 4.98 Å². The van der Waals surface area contributed by atoms with E-state index in [4.69, 9.17) is 17.3 Å². The summed E-state index contributed by atoms with van der Waals surface area (Å²) < 4.78 is 0. The van der Waals surface area contributed by atoms with Gasteiger partial charge in [0.15, 0.2) is 0 Å². The molecule has 1 aromatic carbocycles. The molecule has 0 aliphatic rings. The molecule has 0 atom stereocenters. The molecule has 110 valence electrons. The highest BCUT2D eigenvalue weighted by molar-refractivity contribution is 7.13. The van der Waals surface area contributed by atoms with E-state index in [9.17, 15) is 4.79 Å². The van der Waals surface area contributed by atoms with E-state index >= 15 is 0 Å². The second-order valence-electron chi connectivity index (χ2n) is 3.29. The number of halogens is 1. The summed E-state index contributed by atoms with van der Waals surface area (Å²) in [5.41, 5.74) is 6.80. The van der Waals surface area contributed by atoms with E-state index in [1.54, 1.807) is 0 Å². The maximum absolute atomic E-state index is 10.7. The molecule has 0 radical (unpaired) electrons. The van der Waals surface area contributed by atoms with Crippen LogP contribution in [0.2, 0.25) is 5.02 Å². The minimum Gasteiger partial charge on any atom is -0.369 e. The van der Waals surface area contributed by atoms with Crippen LogP contribution in [0.15, 0.2) is 29.6 Å². The molecule has 1 heterocycles. The van der Waals surface area contributed by atoms with Gasteiger partial charge in [0.1, 0.15) is 5.01 Å². The lowest BCUT2D eigenvalue weighted by Gasteiger charge is -1.95. The van der Waals surface area contributed by atoms with E-state index in [2.05, 4.69) is 4.98 Å². The lowest BCUT2D eigenvalue weighted by molar-refractivity contribution is -0.117. The van der Waals surface area contributed by atoms with Gasteiger partial charge in [0, 0.05) is 16.0 Å². The first-order valence-electron chi connectivity index (χ1n) is 6.64. The average Bonchev–Trinajstić information content (AvgIpc) is 2.92. The normalized spacial score (nSPS) is 8.85. The van der Waals surface area contributed by atoms with Crippen LogP contribution >= 0.6 is 22.9 Å². The summed E-state index contributed by atoms with van der Waals surface area (Å²) >= 11 is 7.28. The zero-order valence-electron chi connectivity index (χ0n) is 12.3. The van der Waals surface area contributed by atoms with Crippen LogP contribution in [0.5, 0.6) is 0 Å². The lowest BCUT2D eigenvalue weighted by Crippen LogP contribution is -2.13. The molecular weight excluding hydrogens is 292 g/mol. The number of hydrogen-bond acceptors (Lipinski definition) is 3. The third-order valence-electron chi connectivity index (χ3n) is 2.00. The number of carbonyl (C=O) groups excluding carboxylic acids is 1. The molecule has 2 rings (SSSR count). The van der Waals surface area contributed by atoms with Gasteiger partial charge in [-0.05, 0) is 12.1 Å². The molecule has 20 heavy (non-hydrogen) atoms. The molecule has 0 saturated heterocycles. The van der Waals surface area contributed by atoms with Crippen molar-refractivity contribution >= 4 is 28.8 Å². The van der Waals surface area contributed by atoms with Gasteiger partial charge in [0.25, 0.3) is 0 Å². The first-order chi connectivity index (χ1) is 9.65. The van der Waals surface area contributed by atoms with Gasteiger partial charge < -0.3 is 5.73 Å². The van der Waals surface area contributed by atoms with Gasteiger partial charge in [-0.2, -0.15) is 0 Å². The number of primary amides is 1. The van der Waals surface area contributed by atoms with Crippen molar-refractivity contribution < 1.29 is 4.79 Å². The second-order valence-corrected chi connectivity index (χ2v) is 4.59. The molecule has 3 nitrogen and oxygen atoms in total.